The molecule has 15 heavy (non-hydrogen) atoms. The summed E-state index contributed by atoms with van der Waals surface area (Å²) in [5.74, 6) is -0.357. The molecule has 0 unspecified atom stereocenters. The van der Waals surface area contributed by atoms with Crippen LogP contribution >= 0.6 is 0 Å². The fourth-order valence-electron chi connectivity index (χ4n) is 1.64. The Hall–Kier alpha value is -1.71. The lowest BCUT2D eigenvalue weighted by atomic mass is 10.2. The van der Waals surface area contributed by atoms with E-state index in [-0.39, 0.29) is 17.4 Å². The van der Waals surface area contributed by atoms with Crippen molar-refractivity contribution in [2.24, 2.45) is 0 Å². The summed E-state index contributed by atoms with van der Waals surface area (Å²) >= 11 is 0. The molecule has 0 saturated heterocycles. The predicted molar refractivity (Wildman–Crippen MR) is 56.3 cm³/mol. The first kappa shape index (κ1) is 9.83. The molecule has 0 spiro atoms. The van der Waals surface area contributed by atoms with Crippen LogP contribution in [0.1, 0.15) is 19.9 Å². The van der Waals surface area contributed by atoms with Crippen LogP contribution in [-0.4, -0.2) is 9.55 Å². The van der Waals surface area contributed by atoms with Crippen molar-refractivity contribution in [3.8, 4) is 0 Å². The van der Waals surface area contributed by atoms with Gasteiger partial charge in [0.1, 0.15) is 5.82 Å². The highest BCUT2D eigenvalue weighted by Crippen LogP contribution is 2.14. The molecule has 0 bridgehead atoms. The second-order valence-electron chi connectivity index (χ2n) is 3.69. The van der Waals surface area contributed by atoms with Crippen LogP contribution in [0.25, 0.3) is 11.0 Å². The third kappa shape index (κ3) is 1.63. The van der Waals surface area contributed by atoms with E-state index in [1.54, 1.807) is 6.07 Å². The minimum absolute atomic E-state index is 0.00944. The predicted octanol–water partition coefficient (Wildman–Crippen LogP) is 2.12. The Morgan fingerprint density at radius 3 is 2.80 bits per heavy atom. The first-order chi connectivity index (χ1) is 7.09. The Balaban J connectivity index is 2.91. The van der Waals surface area contributed by atoms with Crippen molar-refractivity contribution in [1.82, 2.24) is 9.55 Å². The molecule has 2 aromatic rings. The van der Waals surface area contributed by atoms with Gasteiger partial charge in [-0.25, -0.2) is 9.37 Å². The summed E-state index contributed by atoms with van der Waals surface area (Å²) in [5, 5.41) is 0. The molecule has 0 aliphatic rings. The number of halogens is 1. The van der Waals surface area contributed by atoms with Crippen LogP contribution in [0, 0.1) is 5.82 Å². The van der Waals surface area contributed by atoms with Crippen molar-refractivity contribution in [3.63, 3.8) is 0 Å². The highest BCUT2D eigenvalue weighted by molar-refractivity contribution is 5.74. The van der Waals surface area contributed by atoms with Gasteiger partial charge in [-0.05, 0) is 32.0 Å². The molecule has 1 aromatic carbocycles. The second kappa shape index (κ2) is 3.46. The molecule has 0 amide bonds. The summed E-state index contributed by atoms with van der Waals surface area (Å²) < 4.78 is 14.6. The van der Waals surface area contributed by atoms with Crippen molar-refractivity contribution in [3.05, 3.63) is 40.6 Å². The van der Waals surface area contributed by atoms with Crippen LogP contribution in [0.4, 0.5) is 4.39 Å². The van der Waals surface area contributed by atoms with Gasteiger partial charge >= 0.3 is 0 Å². The van der Waals surface area contributed by atoms with E-state index in [9.17, 15) is 9.18 Å². The van der Waals surface area contributed by atoms with E-state index in [1.165, 1.54) is 22.9 Å². The minimum Gasteiger partial charge on any atom is -0.303 e. The van der Waals surface area contributed by atoms with Gasteiger partial charge in [0, 0.05) is 6.04 Å². The van der Waals surface area contributed by atoms with Gasteiger partial charge in [0.2, 0.25) is 0 Å². The van der Waals surface area contributed by atoms with Crippen molar-refractivity contribution in [2.75, 3.05) is 0 Å². The van der Waals surface area contributed by atoms with Crippen molar-refractivity contribution in [2.45, 2.75) is 19.9 Å². The zero-order valence-electron chi connectivity index (χ0n) is 8.57. The number of rotatable bonds is 1. The maximum atomic E-state index is 13.1. The topological polar surface area (TPSA) is 34.9 Å². The largest absolute Gasteiger partial charge is 0.303 e. The molecule has 0 atom stereocenters. The molecular weight excluding hydrogens is 195 g/mol. The molecule has 1 aromatic heterocycles. The van der Waals surface area contributed by atoms with Crippen molar-refractivity contribution < 1.29 is 4.39 Å². The average Bonchev–Trinajstić information content (AvgIpc) is 2.16. The summed E-state index contributed by atoms with van der Waals surface area (Å²) in [5.41, 5.74) is 0.963. The number of benzene rings is 1. The SMILES string of the molecule is CC(C)n1c(=O)cnc2ccc(F)cc21. The van der Waals surface area contributed by atoms with Crippen LogP contribution in [0.15, 0.2) is 29.2 Å². The molecule has 0 aliphatic heterocycles. The van der Waals surface area contributed by atoms with E-state index >= 15 is 0 Å². The van der Waals surface area contributed by atoms with Crippen LogP contribution in [0.5, 0.6) is 0 Å². The molecule has 0 N–H and O–H groups in total. The highest BCUT2D eigenvalue weighted by Gasteiger charge is 2.07. The van der Waals surface area contributed by atoms with E-state index in [2.05, 4.69) is 4.98 Å². The minimum atomic E-state index is -0.357. The van der Waals surface area contributed by atoms with E-state index in [0.717, 1.165) is 0 Å². The van der Waals surface area contributed by atoms with E-state index in [1.807, 2.05) is 13.8 Å². The average molecular weight is 206 g/mol. The van der Waals surface area contributed by atoms with Crippen LogP contribution in [-0.2, 0) is 0 Å². The van der Waals surface area contributed by atoms with Crippen LogP contribution in [0.2, 0.25) is 0 Å². The molecular formula is C11H11FN2O. The quantitative estimate of drug-likeness (QED) is 0.716. The zero-order valence-corrected chi connectivity index (χ0v) is 8.57. The highest BCUT2D eigenvalue weighted by atomic mass is 19.1. The third-order valence-corrected chi connectivity index (χ3v) is 2.26. The molecule has 0 saturated carbocycles. The number of nitrogens with zero attached hydrogens (tertiary/aromatic N) is 2. The van der Waals surface area contributed by atoms with Gasteiger partial charge < -0.3 is 4.57 Å². The Labute approximate surface area is 86.2 Å². The molecule has 4 heteroatoms. The smallest absolute Gasteiger partial charge is 0.269 e. The lowest BCUT2D eigenvalue weighted by Crippen LogP contribution is -2.22. The zero-order chi connectivity index (χ0) is 11.0. The number of hydrogen-bond donors (Lipinski definition) is 0. The Bertz CT molecular complexity index is 560. The first-order valence-electron chi connectivity index (χ1n) is 4.76. The van der Waals surface area contributed by atoms with Gasteiger partial charge in [-0.3, -0.25) is 4.79 Å². The van der Waals surface area contributed by atoms with E-state index in [0.29, 0.717) is 11.0 Å². The number of hydrogen-bond acceptors (Lipinski definition) is 2. The maximum Gasteiger partial charge on any atom is 0.269 e. The first-order valence-corrected chi connectivity index (χ1v) is 4.76. The van der Waals surface area contributed by atoms with E-state index in [4.69, 9.17) is 0 Å². The van der Waals surface area contributed by atoms with Crippen molar-refractivity contribution >= 4 is 11.0 Å². The summed E-state index contributed by atoms with van der Waals surface area (Å²) in [7, 11) is 0. The fourth-order valence-corrected chi connectivity index (χ4v) is 1.64. The van der Waals surface area contributed by atoms with Crippen LogP contribution in [0.3, 0.4) is 0 Å². The van der Waals surface area contributed by atoms with E-state index < -0.39 is 0 Å². The summed E-state index contributed by atoms with van der Waals surface area (Å²) in [4.78, 5) is 15.5. The van der Waals surface area contributed by atoms with Gasteiger partial charge in [-0.15, -0.1) is 0 Å². The Morgan fingerprint density at radius 1 is 1.40 bits per heavy atom. The van der Waals surface area contributed by atoms with Gasteiger partial charge in [-0.1, -0.05) is 0 Å². The molecule has 0 aliphatic carbocycles. The monoisotopic (exact) mass is 206 g/mol. The summed E-state index contributed by atoms with van der Waals surface area (Å²) in [6.07, 6.45) is 1.26. The lowest BCUT2D eigenvalue weighted by Gasteiger charge is -2.12. The lowest BCUT2D eigenvalue weighted by molar-refractivity contribution is 0.591. The van der Waals surface area contributed by atoms with Crippen LogP contribution < -0.4 is 5.56 Å². The molecule has 0 radical (unpaired) electrons. The molecule has 2 rings (SSSR count). The maximum absolute atomic E-state index is 13.1. The number of fused-ring (bicyclic) bond motifs is 1. The fraction of sp³-hybridized carbons (Fsp3) is 0.273. The summed E-state index contributed by atoms with van der Waals surface area (Å²) in [6.45, 7) is 3.76. The number of aromatic nitrogens is 2. The molecule has 3 nitrogen and oxygen atoms in total. The Morgan fingerprint density at radius 2 is 2.13 bits per heavy atom. The van der Waals surface area contributed by atoms with Gasteiger partial charge in [0.15, 0.2) is 0 Å². The van der Waals surface area contributed by atoms with Crippen molar-refractivity contribution in [1.29, 1.82) is 0 Å². The molecule has 1 heterocycles. The van der Waals surface area contributed by atoms with Gasteiger partial charge in [0.05, 0.1) is 17.2 Å². The normalized spacial score (nSPS) is 11.2. The second-order valence-corrected chi connectivity index (χ2v) is 3.69. The molecule has 78 valence electrons. The van der Waals surface area contributed by atoms with Gasteiger partial charge in [0.25, 0.3) is 5.56 Å². The summed E-state index contributed by atoms with van der Waals surface area (Å²) in [6, 6.07) is 4.24. The molecule has 0 fully saturated rings. The van der Waals surface area contributed by atoms with Gasteiger partial charge in [-0.2, -0.15) is 0 Å². The Kier molecular flexibility index (Phi) is 2.26. The standard InChI is InChI=1S/C11H11FN2O/c1-7(2)14-10-5-8(12)3-4-9(10)13-6-11(14)15/h3-7H,1-2H3. The third-order valence-electron chi connectivity index (χ3n) is 2.26.